The zero-order chi connectivity index (χ0) is 6.27. The summed E-state index contributed by atoms with van der Waals surface area (Å²) in [6.07, 6.45) is 2.90. The molecule has 0 aromatic heterocycles. The molecular formula is C7H12O2. The first-order valence-electron chi connectivity index (χ1n) is 3.66. The molecule has 0 amide bonds. The maximum atomic E-state index is 8.76. The summed E-state index contributed by atoms with van der Waals surface area (Å²) in [6.45, 7) is 1.24. The summed E-state index contributed by atoms with van der Waals surface area (Å²) < 4.78 is 5.40. The van der Waals surface area contributed by atoms with E-state index in [2.05, 4.69) is 0 Å². The summed E-state index contributed by atoms with van der Waals surface area (Å²) in [5.41, 5.74) is 0. The van der Waals surface area contributed by atoms with E-state index in [1.165, 1.54) is 12.8 Å². The maximum Gasteiger partial charge on any atom is 0.0661 e. The lowest BCUT2D eigenvalue weighted by Crippen LogP contribution is -2.06. The van der Waals surface area contributed by atoms with E-state index in [0.29, 0.717) is 24.5 Å². The smallest absolute Gasteiger partial charge is 0.0661 e. The van der Waals surface area contributed by atoms with Crippen LogP contribution >= 0.6 is 0 Å². The van der Waals surface area contributed by atoms with Gasteiger partial charge in [0.15, 0.2) is 0 Å². The third-order valence-corrected chi connectivity index (χ3v) is 2.46. The molecule has 2 fully saturated rings. The highest BCUT2D eigenvalue weighted by molar-refractivity contribution is 4.99. The largest absolute Gasteiger partial charge is 0.396 e. The van der Waals surface area contributed by atoms with Gasteiger partial charge in [-0.25, -0.2) is 0 Å². The molecule has 0 aromatic rings. The lowest BCUT2D eigenvalue weighted by atomic mass is 10.2. The van der Waals surface area contributed by atoms with Crippen LogP contribution in [0.2, 0.25) is 0 Å². The van der Waals surface area contributed by atoms with Crippen LogP contribution in [0.5, 0.6) is 0 Å². The van der Waals surface area contributed by atoms with Crippen molar-refractivity contribution >= 4 is 0 Å². The predicted octanol–water partition coefficient (Wildman–Crippen LogP) is 0.404. The van der Waals surface area contributed by atoms with Gasteiger partial charge in [-0.2, -0.15) is 0 Å². The number of hydrogen-bond acceptors (Lipinski definition) is 2. The molecule has 2 heteroatoms. The number of fused-ring (bicyclic) bond motifs is 1. The van der Waals surface area contributed by atoms with Crippen LogP contribution in [0, 0.1) is 11.8 Å². The predicted molar refractivity (Wildman–Crippen MR) is 33.0 cm³/mol. The van der Waals surface area contributed by atoms with E-state index >= 15 is 0 Å². The van der Waals surface area contributed by atoms with Crippen molar-refractivity contribution in [2.45, 2.75) is 18.9 Å². The van der Waals surface area contributed by atoms with Gasteiger partial charge < -0.3 is 9.84 Å². The third-order valence-electron chi connectivity index (χ3n) is 2.46. The Bertz CT molecular complexity index is 94.7. The highest BCUT2D eigenvalue weighted by Gasteiger charge is 2.51. The van der Waals surface area contributed by atoms with Gasteiger partial charge in [-0.1, -0.05) is 0 Å². The Balaban J connectivity index is 1.91. The van der Waals surface area contributed by atoms with Crippen LogP contribution in [-0.2, 0) is 4.74 Å². The number of aliphatic hydroxyl groups is 1. The summed E-state index contributed by atoms with van der Waals surface area (Å²) in [4.78, 5) is 0. The summed E-state index contributed by atoms with van der Waals surface area (Å²) >= 11 is 0. The Kier molecular flexibility index (Phi) is 1.24. The van der Waals surface area contributed by atoms with E-state index in [9.17, 15) is 0 Å². The lowest BCUT2D eigenvalue weighted by molar-refractivity contribution is 0.0716. The van der Waals surface area contributed by atoms with Crippen LogP contribution in [0.3, 0.4) is 0 Å². The molecule has 52 valence electrons. The van der Waals surface area contributed by atoms with E-state index < -0.39 is 0 Å². The van der Waals surface area contributed by atoms with E-state index in [-0.39, 0.29) is 0 Å². The highest BCUT2D eigenvalue weighted by atomic mass is 16.5. The molecule has 1 heterocycles. The number of hydrogen-bond donors (Lipinski definition) is 1. The molecule has 3 atom stereocenters. The fourth-order valence-electron chi connectivity index (χ4n) is 1.81. The van der Waals surface area contributed by atoms with Gasteiger partial charge in [0.2, 0.25) is 0 Å². The van der Waals surface area contributed by atoms with Gasteiger partial charge in [-0.05, 0) is 18.8 Å². The molecule has 2 rings (SSSR count). The molecule has 1 N–H and O–H groups in total. The van der Waals surface area contributed by atoms with Crippen molar-refractivity contribution in [2.75, 3.05) is 13.2 Å². The minimum absolute atomic E-state index is 0.329. The fourth-order valence-corrected chi connectivity index (χ4v) is 1.81. The zero-order valence-electron chi connectivity index (χ0n) is 5.42. The number of aliphatic hydroxyl groups excluding tert-OH is 1. The SMILES string of the molecule is OC[C@H]1[C@H]2CCCO[C@H]21. The minimum atomic E-state index is 0.329. The molecule has 1 aliphatic heterocycles. The van der Waals surface area contributed by atoms with E-state index in [0.717, 1.165) is 6.61 Å². The normalized spacial score (nSPS) is 48.3. The summed E-state index contributed by atoms with van der Waals surface area (Å²) in [5, 5.41) is 8.76. The molecule has 1 aliphatic carbocycles. The number of ether oxygens (including phenoxy) is 1. The molecule has 2 nitrogen and oxygen atoms in total. The lowest BCUT2D eigenvalue weighted by Gasteiger charge is -2.07. The third kappa shape index (κ3) is 0.775. The Morgan fingerprint density at radius 1 is 1.56 bits per heavy atom. The van der Waals surface area contributed by atoms with Gasteiger partial charge >= 0.3 is 0 Å². The fraction of sp³-hybridized carbons (Fsp3) is 1.00. The average molecular weight is 128 g/mol. The quantitative estimate of drug-likeness (QED) is 0.554. The molecule has 0 spiro atoms. The molecular weight excluding hydrogens is 116 g/mol. The Morgan fingerprint density at radius 3 is 3.00 bits per heavy atom. The molecule has 9 heavy (non-hydrogen) atoms. The van der Waals surface area contributed by atoms with Crippen molar-refractivity contribution in [3.8, 4) is 0 Å². The van der Waals surface area contributed by atoms with Crippen LogP contribution in [0.1, 0.15) is 12.8 Å². The monoisotopic (exact) mass is 128 g/mol. The summed E-state index contributed by atoms with van der Waals surface area (Å²) in [7, 11) is 0. The second-order valence-electron chi connectivity index (χ2n) is 2.99. The van der Waals surface area contributed by atoms with Gasteiger partial charge in [0, 0.05) is 19.1 Å². The van der Waals surface area contributed by atoms with Crippen LogP contribution < -0.4 is 0 Å². The molecule has 0 aromatic carbocycles. The Hall–Kier alpha value is -0.0800. The first-order chi connectivity index (χ1) is 4.43. The van der Waals surface area contributed by atoms with Crippen LogP contribution in [0.4, 0.5) is 0 Å². The van der Waals surface area contributed by atoms with Crippen molar-refractivity contribution < 1.29 is 9.84 Å². The Labute approximate surface area is 54.8 Å². The van der Waals surface area contributed by atoms with Crippen molar-refractivity contribution in [1.29, 1.82) is 0 Å². The maximum absolute atomic E-state index is 8.76. The molecule has 0 unspecified atom stereocenters. The van der Waals surface area contributed by atoms with Crippen LogP contribution in [0.15, 0.2) is 0 Å². The number of rotatable bonds is 1. The molecule has 1 saturated carbocycles. The second-order valence-corrected chi connectivity index (χ2v) is 2.99. The van der Waals surface area contributed by atoms with E-state index in [4.69, 9.17) is 9.84 Å². The molecule has 0 radical (unpaired) electrons. The zero-order valence-corrected chi connectivity index (χ0v) is 5.42. The highest BCUT2D eigenvalue weighted by Crippen LogP contribution is 2.47. The van der Waals surface area contributed by atoms with E-state index in [1.807, 2.05) is 0 Å². The summed E-state index contributed by atoms with van der Waals surface area (Å²) in [6, 6.07) is 0. The Morgan fingerprint density at radius 2 is 2.44 bits per heavy atom. The molecule has 0 bridgehead atoms. The molecule has 2 aliphatic rings. The van der Waals surface area contributed by atoms with Crippen molar-refractivity contribution in [1.82, 2.24) is 0 Å². The molecule has 1 saturated heterocycles. The van der Waals surface area contributed by atoms with Crippen LogP contribution in [0.25, 0.3) is 0 Å². The standard InChI is InChI=1S/C7H12O2/c8-4-6-5-2-1-3-9-7(5)6/h5-8H,1-4H2/t5-,6+,7-/m1/s1. The van der Waals surface area contributed by atoms with E-state index in [1.54, 1.807) is 0 Å². The van der Waals surface area contributed by atoms with Crippen LogP contribution in [-0.4, -0.2) is 24.4 Å². The minimum Gasteiger partial charge on any atom is -0.396 e. The average Bonchev–Trinajstić information content (AvgIpc) is 2.60. The first kappa shape index (κ1) is 5.69. The van der Waals surface area contributed by atoms with Gasteiger partial charge in [0.25, 0.3) is 0 Å². The van der Waals surface area contributed by atoms with Gasteiger partial charge in [0.1, 0.15) is 0 Å². The van der Waals surface area contributed by atoms with Gasteiger partial charge in [-0.3, -0.25) is 0 Å². The van der Waals surface area contributed by atoms with Crippen molar-refractivity contribution in [2.24, 2.45) is 11.8 Å². The van der Waals surface area contributed by atoms with Gasteiger partial charge in [-0.15, -0.1) is 0 Å². The van der Waals surface area contributed by atoms with Crippen molar-refractivity contribution in [3.05, 3.63) is 0 Å². The topological polar surface area (TPSA) is 29.5 Å². The summed E-state index contributed by atoms with van der Waals surface area (Å²) in [5.74, 6) is 1.20. The second kappa shape index (κ2) is 1.96. The van der Waals surface area contributed by atoms with Crippen molar-refractivity contribution in [3.63, 3.8) is 0 Å². The first-order valence-corrected chi connectivity index (χ1v) is 3.66. The van der Waals surface area contributed by atoms with Gasteiger partial charge in [0.05, 0.1) is 6.10 Å².